The molecule has 0 saturated carbocycles. The molecule has 9 heteroatoms. The Balaban J connectivity index is 1.69. The maximum atomic E-state index is 13.1. The molecule has 7 nitrogen and oxygen atoms in total. The van der Waals surface area contributed by atoms with E-state index < -0.39 is 29.1 Å². The first kappa shape index (κ1) is 21.7. The first-order valence-electron chi connectivity index (χ1n) is 9.31. The first-order valence-corrected chi connectivity index (χ1v) is 9.31. The Labute approximate surface area is 177 Å². The van der Waals surface area contributed by atoms with Crippen LogP contribution in [-0.4, -0.2) is 40.2 Å². The SMILES string of the molecule is C=N/C(C(=O)NCc1ccc(F)cc1)=C(/O)C(=O)N1CC=CN1Cc1ccc(F)cc1. The maximum Gasteiger partial charge on any atom is 0.310 e. The van der Waals surface area contributed by atoms with E-state index in [2.05, 4.69) is 17.0 Å². The Bertz CT molecular complexity index is 1030. The summed E-state index contributed by atoms with van der Waals surface area (Å²) in [5, 5.41) is 15.7. The van der Waals surface area contributed by atoms with Gasteiger partial charge in [-0.3, -0.25) is 19.6 Å². The Morgan fingerprint density at radius 3 is 2.19 bits per heavy atom. The molecule has 0 fully saturated rings. The number of hydrazine groups is 1. The molecule has 2 N–H and O–H groups in total. The average Bonchev–Trinajstić information content (AvgIpc) is 3.23. The lowest BCUT2D eigenvalue weighted by Gasteiger charge is -2.29. The molecule has 3 rings (SSSR count). The molecule has 0 aliphatic carbocycles. The van der Waals surface area contributed by atoms with Gasteiger partial charge in [0.05, 0.1) is 13.1 Å². The highest BCUT2D eigenvalue weighted by Gasteiger charge is 2.29. The fraction of sp³-hybridized carbons (Fsp3) is 0.136. The Morgan fingerprint density at radius 1 is 1.03 bits per heavy atom. The molecule has 0 radical (unpaired) electrons. The monoisotopic (exact) mass is 426 g/mol. The van der Waals surface area contributed by atoms with E-state index in [9.17, 15) is 23.5 Å². The Kier molecular flexibility index (Phi) is 6.76. The van der Waals surface area contributed by atoms with Gasteiger partial charge < -0.3 is 10.4 Å². The molecule has 0 aromatic heterocycles. The number of nitrogens with zero attached hydrogens (tertiary/aromatic N) is 3. The molecule has 2 amide bonds. The predicted octanol–water partition coefficient (Wildman–Crippen LogP) is 2.82. The second kappa shape index (κ2) is 9.66. The van der Waals surface area contributed by atoms with Gasteiger partial charge in [-0.2, -0.15) is 0 Å². The van der Waals surface area contributed by atoms with E-state index in [-0.39, 0.29) is 25.5 Å². The summed E-state index contributed by atoms with van der Waals surface area (Å²) in [6.45, 7) is 3.73. The van der Waals surface area contributed by atoms with Crippen LogP contribution in [0.4, 0.5) is 8.78 Å². The summed E-state index contributed by atoms with van der Waals surface area (Å²) in [7, 11) is 0. The molecule has 0 bridgehead atoms. The molecule has 0 spiro atoms. The largest absolute Gasteiger partial charge is 0.501 e. The highest BCUT2D eigenvalue weighted by atomic mass is 19.1. The molecule has 1 aliphatic rings. The highest BCUT2D eigenvalue weighted by molar-refractivity contribution is 6.03. The molecule has 0 saturated heterocycles. The molecule has 31 heavy (non-hydrogen) atoms. The van der Waals surface area contributed by atoms with Crippen molar-refractivity contribution in [2.45, 2.75) is 13.1 Å². The Hall–Kier alpha value is -4.01. The number of nitrogens with one attached hydrogen (secondary N) is 1. The van der Waals surface area contributed by atoms with Crippen LogP contribution < -0.4 is 5.32 Å². The van der Waals surface area contributed by atoms with Crippen molar-refractivity contribution in [1.29, 1.82) is 0 Å². The van der Waals surface area contributed by atoms with E-state index >= 15 is 0 Å². The molecule has 2 aromatic rings. The molecule has 1 aliphatic heterocycles. The highest BCUT2D eigenvalue weighted by Crippen LogP contribution is 2.18. The van der Waals surface area contributed by atoms with Gasteiger partial charge in [0, 0.05) is 12.7 Å². The van der Waals surface area contributed by atoms with Crippen molar-refractivity contribution >= 4 is 18.5 Å². The summed E-state index contributed by atoms with van der Waals surface area (Å²) in [5.41, 5.74) is 0.840. The number of hydrogen-bond acceptors (Lipinski definition) is 5. The van der Waals surface area contributed by atoms with Crippen LogP contribution in [0, 0.1) is 11.6 Å². The van der Waals surface area contributed by atoms with Gasteiger partial charge in [-0.25, -0.2) is 13.8 Å². The number of benzene rings is 2. The number of halogens is 2. The summed E-state index contributed by atoms with van der Waals surface area (Å²) >= 11 is 0. The van der Waals surface area contributed by atoms with Crippen molar-refractivity contribution in [2.75, 3.05) is 6.54 Å². The van der Waals surface area contributed by atoms with Gasteiger partial charge in [0.15, 0.2) is 5.70 Å². The van der Waals surface area contributed by atoms with Crippen LogP contribution in [0.3, 0.4) is 0 Å². The lowest BCUT2D eigenvalue weighted by Crippen LogP contribution is -2.41. The van der Waals surface area contributed by atoms with E-state index in [4.69, 9.17) is 0 Å². The van der Waals surface area contributed by atoms with Crippen molar-refractivity contribution in [3.8, 4) is 0 Å². The predicted molar refractivity (Wildman–Crippen MR) is 110 cm³/mol. The van der Waals surface area contributed by atoms with Crippen LogP contribution in [0.25, 0.3) is 0 Å². The summed E-state index contributed by atoms with van der Waals surface area (Å²) in [5.74, 6) is -3.29. The molecule has 1 heterocycles. The lowest BCUT2D eigenvalue weighted by atomic mass is 10.2. The van der Waals surface area contributed by atoms with Crippen LogP contribution in [0.2, 0.25) is 0 Å². The van der Waals surface area contributed by atoms with Crippen molar-refractivity contribution in [3.63, 3.8) is 0 Å². The zero-order valence-corrected chi connectivity index (χ0v) is 16.5. The second-order valence-corrected chi connectivity index (χ2v) is 6.66. The summed E-state index contributed by atoms with van der Waals surface area (Å²) in [6.07, 6.45) is 3.34. The summed E-state index contributed by atoms with van der Waals surface area (Å²) < 4.78 is 26.1. The lowest BCUT2D eigenvalue weighted by molar-refractivity contribution is -0.141. The number of aliphatic hydroxyl groups excluding tert-OH is 1. The van der Waals surface area contributed by atoms with Gasteiger partial charge in [0.25, 0.3) is 5.91 Å². The smallest absolute Gasteiger partial charge is 0.310 e. The number of rotatable bonds is 7. The Morgan fingerprint density at radius 2 is 1.61 bits per heavy atom. The van der Waals surface area contributed by atoms with E-state index in [1.54, 1.807) is 24.4 Å². The van der Waals surface area contributed by atoms with Crippen molar-refractivity contribution in [2.24, 2.45) is 4.99 Å². The van der Waals surface area contributed by atoms with Crippen LogP contribution in [0.1, 0.15) is 11.1 Å². The quantitative estimate of drug-likeness (QED) is 0.405. The standard InChI is InChI=1S/C22H20F2N4O3/c1-25-19(21(30)26-13-15-3-7-17(23)8-4-15)20(29)22(31)28-12-2-11-27(28)14-16-5-9-18(24)10-6-16/h2-11,29H,1,12-14H2,(H,26,30)/b20-19+. The third kappa shape index (κ3) is 5.33. The van der Waals surface area contributed by atoms with Gasteiger partial charge in [-0.05, 0) is 48.2 Å². The van der Waals surface area contributed by atoms with Gasteiger partial charge >= 0.3 is 5.91 Å². The van der Waals surface area contributed by atoms with Crippen LogP contribution in [0.15, 0.2) is 77.3 Å². The molecular weight excluding hydrogens is 406 g/mol. The van der Waals surface area contributed by atoms with Crippen LogP contribution in [0.5, 0.6) is 0 Å². The fourth-order valence-electron chi connectivity index (χ4n) is 2.91. The van der Waals surface area contributed by atoms with Crippen molar-refractivity contribution in [3.05, 3.63) is 95.0 Å². The number of carbonyl (C=O) groups excluding carboxylic acids is 2. The normalized spacial score (nSPS) is 13.7. The van der Waals surface area contributed by atoms with E-state index in [1.807, 2.05) is 0 Å². The molecular formula is C22H20F2N4O3. The topological polar surface area (TPSA) is 85.2 Å². The maximum absolute atomic E-state index is 13.1. The minimum Gasteiger partial charge on any atom is -0.501 e. The summed E-state index contributed by atoms with van der Waals surface area (Å²) in [4.78, 5) is 28.7. The number of carbonyl (C=O) groups is 2. The number of amides is 2. The zero-order valence-electron chi connectivity index (χ0n) is 16.5. The van der Waals surface area contributed by atoms with Gasteiger partial charge in [0.1, 0.15) is 11.6 Å². The van der Waals surface area contributed by atoms with Crippen molar-refractivity contribution in [1.82, 2.24) is 15.3 Å². The van der Waals surface area contributed by atoms with E-state index in [1.165, 1.54) is 46.4 Å². The number of aliphatic imine (C=N–C) groups is 1. The molecule has 0 unspecified atom stereocenters. The molecule has 2 aromatic carbocycles. The fourth-order valence-corrected chi connectivity index (χ4v) is 2.91. The van der Waals surface area contributed by atoms with Crippen LogP contribution in [-0.2, 0) is 22.7 Å². The third-order valence-electron chi connectivity index (χ3n) is 4.52. The average molecular weight is 426 g/mol. The number of hydrogen-bond donors (Lipinski definition) is 2. The number of aliphatic hydroxyl groups is 1. The molecule has 0 atom stereocenters. The first-order chi connectivity index (χ1) is 14.9. The van der Waals surface area contributed by atoms with E-state index in [0.717, 1.165) is 5.56 Å². The van der Waals surface area contributed by atoms with Crippen LogP contribution >= 0.6 is 0 Å². The van der Waals surface area contributed by atoms with Crippen molar-refractivity contribution < 1.29 is 23.5 Å². The minimum absolute atomic E-state index is 0.0432. The van der Waals surface area contributed by atoms with Gasteiger partial charge in [-0.1, -0.05) is 24.3 Å². The third-order valence-corrected chi connectivity index (χ3v) is 4.52. The summed E-state index contributed by atoms with van der Waals surface area (Å²) in [6, 6.07) is 11.3. The zero-order chi connectivity index (χ0) is 22.4. The van der Waals surface area contributed by atoms with Gasteiger partial charge in [0.2, 0.25) is 5.76 Å². The van der Waals surface area contributed by atoms with E-state index in [0.29, 0.717) is 5.56 Å². The van der Waals surface area contributed by atoms with Gasteiger partial charge in [-0.15, -0.1) is 0 Å². The molecule has 160 valence electrons. The second-order valence-electron chi connectivity index (χ2n) is 6.66. The minimum atomic E-state index is -0.862.